The molecule has 110 heavy (non-hydrogen) atoms. The average molecular weight is 1430 g/mol. The summed E-state index contributed by atoms with van der Waals surface area (Å²) in [5.41, 5.74) is 46.4. The highest BCUT2D eigenvalue weighted by molar-refractivity contribution is 6.20. The van der Waals surface area contributed by atoms with Gasteiger partial charge in [0.1, 0.15) is 28.2 Å². The second-order valence-corrected chi connectivity index (χ2v) is 34.4. The fourth-order valence-electron chi connectivity index (χ4n) is 18.6. The van der Waals surface area contributed by atoms with Crippen LogP contribution >= 0.6 is 0 Å². The molecule has 4 nitrogen and oxygen atoms in total. The minimum atomic E-state index is 0.271. The Hall–Kier alpha value is -11.7. The maximum Gasteiger partial charge on any atom is 0.213 e. The van der Waals surface area contributed by atoms with Crippen molar-refractivity contribution in [1.29, 1.82) is 0 Å². The Balaban J connectivity index is 0.000000107. The normalized spacial score (nSPS) is 12.2. The fourth-order valence-corrected chi connectivity index (χ4v) is 18.6. The Kier molecular flexibility index (Phi) is 17.6. The zero-order valence-corrected chi connectivity index (χ0v) is 67.5. The lowest BCUT2D eigenvalue weighted by Gasteiger charge is -2.18. The van der Waals surface area contributed by atoms with Crippen molar-refractivity contribution >= 4 is 43.1 Å². The third kappa shape index (κ3) is 12.3. The van der Waals surface area contributed by atoms with Crippen molar-refractivity contribution in [2.24, 2.45) is 39.0 Å². The van der Waals surface area contributed by atoms with E-state index in [1.165, 1.54) is 233 Å². The van der Waals surface area contributed by atoms with Gasteiger partial charge in [0, 0.05) is 69.8 Å². The zero-order chi connectivity index (χ0) is 76.7. The van der Waals surface area contributed by atoms with Crippen molar-refractivity contribution in [1.82, 2.24) is 0 Å². The maximum atomic E-state index is 2.41. The van der Waals surface area contributed by atoms with Gasteiger partial charge in [0.25, 0.3) is 0 Å². The van der Waals surface area contributed by atoms with Gasteiger partial charge in [0.05, 0.1) is 5.56 Å². The molecule has 0 atom stereocenters. The summed E-state index contributed by atoms with van der Waals surface area (Å²) in [5, 5.41) is 10.9. The minimum absolute atomic E-state index is 0.271. The highest BCUT2D eigenvalue weighted by atomic mass is 14.9. The monoisotopic (exact) mass is 1430 g/mol. The van der Waals surface area contributed by atoms with Gasteiger partial charge in [-0.1, -0.05) is 205 Å². The van der Waals surface area contributed by atoms with Crippen LogP contribution in [0.15, 0.2) is 255 Å². The van der Waals surface area contributed by atoms with E-state index in [0.29, 0.717) is 0 Å². The van der Waals surface area contributed by atoms with Crippen LogP contribution < -0.4 is 18.3 Å². The molecule has 0 spiro atoms. The molecule has 0 N–H and O–H groups in total. The van der Waals surface area contributed by atoms with E-state index >= 15 is 0 Å². The molecule has 4 aliphatic rings. The second-order valence-electron chi connectivity index (χ2n) is 34.4. The summed E-state index contributed by atoms with van der Waals surface area (Å²) in [6, 6.07) is 86.0. The van der Waals surface area contributed by atoms with Crippen molar-refractivity contribution in [2.75, 3.05) is 0 Å². The number of pyridine rings is 4. The Labute approximate surface area is 651 Å². The first-order chi connectivity index (χ1) is 52.7. The number of fused-ring (bicyclic) bond motifs is 12. The first-order valence-electron chi connectivity index (χ1n) is 39.3. The molecule has 12 aromatic carbocycles. The number of rotatable bonds is 6. The molecule has 0 aliphatic heterocycles. The Morgan fingerprint density at radius 2 is 0.545 bits per heavy atom. The molecule has 0 saturated carbocycles. The van der Waals surface area contributed by atoms with Crippen molar-refractivity contribution in [3.63, 3.8) is 0 Å². The maximum absolute atomic E-state index is 2.41. The van der Waals surface area contributed by atoms with Gasteiger partial charge in [0.2, 0.25) is 22.8 Å². The van der Waals surface area contributed by atoms with E-state index in [0.717, 1.165) is 12.8 Å². The summed E-state index contributed by atoms with van der Waals surface area (Å²) in [6.45, 7) is 31.6. The Morgan fingerprint density at radius 3 is 0.964 bits per heavy atom. The van der Waals surface area contributed by atoms with Crippen molar-refractivity contribution in [2.45, 2.75) is 110 Å². The highest BCUT2D eigenvalue weighted by Gasteiger charge is 2.32. The van der Waals surface area contributed by atoms with Crippen molar-refractivity contribution < 1.29 is 18.3 Å². The molecule has 0 radical (unpaired) electrons. The van der Waals surface area contributed by atoms with E-state index < -0.39 is 0 Å². The lowest BCUT2D eigenvalue weighted by atomic mass is 9.87. The highest BCUT2D eigenvalue weighted by Crippen LogP contribution is 2.55. The first kappa shape index (κ1) is 71.2. The molecule has 0 saturated heterocycles. The van der Waals surface area contributed by atoms with Crippen LogP contribution in [0.25, 0.3) is 177 Å². The van der Waals surface area contributed by atoms with E-state index in [2.05, 4.69) is 399 Å². The number of aryl methyl sites for hydroxylation is 11. The van der Waals surface area contributed by atoms with Crippen LogP contribution in [0.4, 0.5) is 0 Å². The molecule has 16 aromatic rings. The summed E-state index contributed by atoms with van der Waals surface area (Å²) in [4.78, 5) is 0. The number of benzene rings is 12. The van der Waals surface area contributed by atoms with Crippen molar-refractivity contribution in [3.8, 4) is 134 Å². The SMILES string of the molecule is Cc1cc(-c2cc3c(cc2C)-c2cccc4cccc-3c24)[n+](C)cc1C.Cc1cc(-c2ccc3c(c2C)-c2cccc4cccc-3c24)[n+](C)cc1C.Cc1cc2c(cc1-c1cc(CC(C)(C)C)cc[n+]1C)-c1cccc3cccc-2c13.Cc1ccc2c(c1-c1cc(CC(C)(C)C)cc[n+]1C)-c1cccc3cccc-2c13. The summed E-state index contributed by atoms with van der Waals surface area (Å²) >= 11 is 0. The van der Waals surface area contributed by atoms with Crippen LogP contribution in [-0.2, 0) is 41.0 Å². The molecule has 4 aliphatic carbocycles. The van der Waals surface area contributed by atoms with E-state index in [9.17, 15) is 0 Å². The lowest BCUT2D eigenvalue weighted by molar-refractivity contribution is -0.660. The summed E-state index contributed by atoms with van der Waals surface area (Å²) in [7, 11) is 8.60. The lowest BCUT2D eigenvalue weighted by Crippen LogP contribution is -2.31. The zero-order valence-electron chi connectivity index (χ0n) is 67.5. The van der Waals surface area contributed by atoms with E-state index in [4.69, 9.17) is 0 Å². The third-order valence-electron chi connectivity index (χ3n) is 24.0. The quantitative estimate of drug-likeness (QED) is 0.148. The topological polar surface area (TPSA) is 15.5 Å². The summed E-state index contributed by atoms with van der Waals surface area (Å²) in [5.74, 6) is 0. The number of nitrogens with zero attached hydrogens (tertiary/aromatic N) is 4. The third-order valence-corrected chi connectivity index (χ3v) is 24.0. The molecule has 4 heterocycles. The van der Waals surface area contributed by atoms with Gasteiger partial charge in [0.15, 0.2) is 24.8 Å². The smallest absolute Gasteiger partial charge is 0.201 e. The number of hydrogen-bond acceptors (Lipinski definition) is 0. The molecular weight excluding hydrogens is 1330 g/mol. The molecule has 0 fully saturated rings. The second kappa shape index (κ2) is 27.1. The van der Waals surface area contributed by atoms with Crippen LogP contribution in [0, 0.1) is 66.2 Å². The predicted molar refractivity (Wildman–Crippen MR) is 464 cm³/mol. The number of hydrogen-bond donors (Lipinski definition) is 0. The Bertz CT molecular complexity index is 6460. The largest absolute Gasteiger partial charge is 0.213 e. The molecular formula is C106H100N4+4. The van der Waals surface area contributed by atoms with Crippen LogP contribution in [0.2, 0.25) is 0 Å². The van der Waals surface area contributed by atoms with Crippen LogP contribution in [-0.4, -0.2) is 0 Å². The fraction of sp³-hybridized carbons (Fsp3) is 0.208. The van der Waals surface area contributed by atoms with Gasteiger partial charge >= 0.3 is 0 Å². The van der Waals surface area contributed by atoms with E-state index in [1.54, 1.807) is 0 Å². The van der Waals surface area contributed by atoms with Gasteiger partial charge in [-0.3, -0.25) is 0 Å². The van der Waals surface area contributed by atoms with Gasteiger partial charge < -0.3 is 0 Å². The van der Waals surface area contributed by atoms with Gasteiger partial charge in [-0.05, 0) is 280 Å². The molecule has 4 aromatic heterocycles. The molecule has 0 unspecified atom stereocenters. The van der Waals surface area contributed by atoms with E-state index in [-0.39, 0.29) is 10.8 Å². The van der Waals surface area contributed by atoms with Crippen LogP contribution in [0.5, 0.6) is 0 Å². The molecule has 0 bridgehead atoms. The van der Waals surface area contributed by atoms with Gasteiger partial charge in [-0.25, -0.2) is 18.3 Å². The van der Waals surface area contributed by atoms with Gasteiger partial charge in [-0.15, -0.1) is 0 Å². The molecule has 4 heteroatoms. The predicted octanol–water partition coefficient (Wildman–Crippen LogP) is 25.6. The average Bonchev–Trinajstić information content (AvgIpc) is 1.59. The molecule has 0 amide bonds. The first-order valence-corrected chi connectivity index (χ1v) is 39.3. The minimum Gasteiger partial charge on any atom is -0.201 e. The van der Waals surface area contributed by atoms with Crippen LogP contribution in [0.3, 0.4) is 0 Å². The van der Waals surface area contributed by atoms with Crippen LogP contribution in [0.1, 0.15) is 97.2 Å². The van der Waals surface area contributed by atoms with Gasteiger partial charge in [-0.2, -0.15) is 0 Å². The summed E-state index contributed by atoms with van der Waals surface area (Å²) in [6.07, 6.45) is 11.0. The summed E-state index contributed by atoms with van der Waals surface area (Å²) < 4.78 is 9.03. The number of aromatic nitrogens is 4. The van der Waals surface area contributed by atoms with E-state index in [1.807, 2.05) is 0 Å². The molecule has 540 valence electrons. The molecule has 20 rings (SSSR count). The Morgan fingerprint density at radius 1 is 0.227 bits per heavy atom. The van der Waals surface area contributed by atoms with Crippen molar-refractivity contribution in [3.05, 3.63) is 311 Å². The standard InChI is InChI=1S/2C28H28N.2C25H22N/c1-18-14-24-21-10-6-8-20-9-7-11-22(27(20)21)25(24)16-23(18)26-15-19(12-13-29(26)5)17-28(2,3)4;1-18-12-13-22-21-10-6-8-20-9-7-11-23(26(20)21)27(22)25(18)24-16-19(14-15-29(24)5)17-28(2,3)4;1-15-12-24(26(4)14-17(15)3)21-13-23-20-10-6-8-18-7-5-9-19(25(18)20)22(23)11-16(21)2;1-15-13-23(26(4)14-16(15)2)19-11-12-21-20-9-5-7-18-8-6-10-22(25(18)20)24(21)17(19)3/h2*6-16H,17H2,1-5H3;2*5-14H,1-4H3/q4*+1.